The summed E-state index contributed by atoms with van der Waals surface area (Å²) in [7, 11) is 0. The molecule has 0 saturated heterocycles. The molecule has 0 bridgehead atoms. The highest BCUT2D eigenvalue weighted by Gasteiger charge is 2.37. The average molecular weight is 788 g/mol. The lowest BCUT2D eigenvalue weighted by Crippen LogP contribution is -2.34. The number of primary amides is 1. The van der Waals surface area contributed by atoms with Crippen molar-refractivity contribution in [3.05, 3.63) is 120 Å². The van der Waals surface area contributed by atoms with Crippen molar-refractivity contribution in [3.63, 3.8) is 0 Å². The van der Waals surface area contributed by atoms with Crippen molar-refractivity contribution in [2.75, 3.05) is 72.7 Å². The van der Waals surface area contributed by atoms with E-state index >= 15 is 0 Å². The number of carbonyl (C=O) groups excluding carboxylic acids is 1. The first kappa shape index (κ1) is 48.0. The summed E-state index contributed by atoms with van der Waals surface area (Å²) < 4.78 is 35.2. The summed E-state index contributed by atoms with van der Waals surface area (Å²) in [6.45, 7) is 7.50. The van der Waals surface area contributed by atoms with Crippen molar-refractivity contribution in [3.8, 4) is 0 Å². The van der Waals surface area contributed by atoms with Gasteiger partial charge in [-0.3, -0.25) is 4.79 Å². The van der Waals surface area contributed by atoms with Crippen LogP contribution in [0, 0.1) is 5.92 Å². The van der Waals surface area contributed by atoms with E-state index in [0.29, 0.717) is 79.1 Å². The molecule has 8 heteroatoms. The maximum Gasteiger partial charge on any atom is 0.220 e. The number of ether oxygens (including phenoxy) is 6. The van der Waals surface area contributed by atoms with Gasteiger partial charge in [-0.25, -0.2) is 0 Å². The molecule has 0 fully saturated rings. The van der Waals surface area contributed by atoms with Crippen LogP contribution in [0.2, 0.25) is 0 Å². The predicted molar refractivity (Wildman–Crippen MR) is 231 cm³/mol. The molecule has 316 valence electrons. The molecule has 3 rings (SSSR count). The number of allylic oxidation sites excluding steroid dienone is 2. The minimum atomic E-state index is -0.753. The van der Waals surface area contributed by atoms with Crippen LogP contribution in [0.25, 0.3) is 0 Å². The van der Waals surface area contributed by atoms with Crippen LogP contribution < -0.4 is 5.73 Å². The molecule has 8 nitrogen and oxygen atoms in total. The van der Waals surface area contributed by atoms with Crippen LogP contribution in [0.3, 0.4) is 0 Å². The number of rotatable bonds is 37. The van der Waals surface area contributed by atoms with Crippen molar-refractivity contribution in [2.45, 2.75) is 102 Å². The highest BCUT2D eigenvalue weighted by Crippen LogP contribution is 2.40. The van der Waals surface area contributed by atoms with Gasteiger partial charge in [0.1, 0.15) is 5.60 Å². The van der Waals surface area contributed by atoms with Crippen LogP contribution >= 0.6 is 0 Å². The number of amides is 1. The van der Waals surface area contributed by atoms with Crippen molar-refractivity contribution in [1.29, 1.82) is 0 Å². The van der Waals surface area contributed by atoms with E-state index in [4.69, 9.17) is 34.2 Å². The molecule has 0 aliphatic heterocycles. The van der Waals surface area contributed by atoms with Gasteiger partial charge < -0.3 is 34.2 Å². The van der Waals surface area contributed by atoms with Gasteiger partial charge in [-0.05, 0) is 55.2 Å². The molecule has 1 unspecified atom stereocenters. The molecule has 3 aromatic rings. The second-order valence-corrected chi connectivity index (χ2v) is 14.6. The van der Waals surface area contributed by atoms with E-state index in [0.717, 1.165) is 42.4 Å². The molecule has 0 radical (unpaired) electrons. The van der Waals surface area contributed by atoms with Crippen LogP contribution in [0.15, 0.2) is 103 Å². The van der Waals surface area contributed by atoms with E-state index in [2.05, 4.69) is 55.5 Å². The fourth-order valence-corrected chi connectivity index (χ4v) is 6.94. The number of hydrogen-bond acceptors (Lipinski definition) is 7. The second kappa shape index (κ2) is 32.6. The average Bonchev–Trinajstić information content (AvgIpc) is 3.24. The fourth-order valence-electron chi connectivity index (χ4n) is 6.94. The Labute approximate surface area is 344 Å². The second-order valence-electron chi connectivity index (χ2n) is 14.6. The molecule has 0 aromatic heterocycles. The highest BCUT2D eigenvalue weighted by atomic mass is 16.6. The SMILES string of the molecule is CCCCCCCC/C=C\CCCCCCC(CCOCCOCCOCCOCCOCCOC(c1ccccc1)(c1ccccc1)c1ccccc1)C(N)=O. The largest absolute Gasteiger partial charge is 0.379 e. The van der Waals surface area contributed by atoms with Gasteiger partial charge in [0.15, 0.2) is 0 Å². The van der Waals surface area contributed by atoms with Gasteiger partial charge in [-0.2, -0.15) is 0 Å². The standard InChI is InChI=1S/C49H73NO7/c1-2-3-4-5-6-7-8-9-10-11-12-13-14-18-25-44(48(50)51)32-33-52-34-35-53-36-37-54-38-39-55-40-41-56-42-43-57-49(45-26-19-15-20-27-45,46-28-21-16-22-29-46)47-30-23-17-24-31-47/h9-10,15-17,19-24,26-31,44H,2-8,11-14,18,25,32-43H2,1H3,(H2,50,51)/b10-9-. The van der Waals surface area contributed by atoms with Crippen molar-refractivity contribution in [2.24, 2.45) is 11.7 Å². The first-order valence-corrected chi connectivity index (χ1v) is 21.8. The number of nitrogens with two attached hydrogens (primary N) is 1. The van der Waals surface area contributed by atoms with E-state index in [9.17, 15) is 4.79 Å². The number of benzene rings is 3. The Balaban J connectivity index is 1.12. The lowest BCUT2D eigenvalue weighted by atomic mass is 9.80. The first-order chi connectivity index (χ1) is 28.2. The van der Waals surface area contributed by atoms with Gasteiger partial charge >= 0.3 is 0 Å². The number of unbranched alkanes of at least 4 members (excludes halogenated alkanes) is 10. The van der Waals surface area contributed by atoms with E-state index in [1.54, 1.807) is 0 Å². The maximum absolute atomic E-state index is 11.9. The van der Waals surface area contributed by atoms with E-state index in [1.807, 2.05) is 54.6 Å². The van der Waals surface area contributed by atoms with Gasteiger partial charge in [0.25, 0.3) is 0 Å². The van der Waals surface area contributed by atoms with Crippen LogP contribution in [0.5, 0.6) is 0 Å². The summed E-state index contributed by atoms with van der Waals surface area (Å²) in [6.07, 6.45) is 21.3. The summed E-state index contributed by atoms with van der Waals surface area (Å²) in [5.74, 6) is -0.344. The Morgan fingerprint density at radius 3 is 1.28 bits per heavy atom. The summed E-state index contributed by atoms with van der Waals surface area (Å²) in [5.41, 5.74) is 8.12. The Hall–Kier alpha value is -3.37. The number of hydrogen-bond donors (Lipinski definition) is 1. The van der Waals surface area contributed by atoms with Gasteiger partial charge in [0.05, 0.1) is 66.1 Å². The third-order valence-corrected chi connectivity index (χ3v) is 10.2. The summed E-state index contributed by atoms with van der Waals surface area (Å²) in [6, 6.07) is 31.0. The van der Waals surface area contributed by atoms with Crippen molar-refractivity contribution >= 4 is 5.91 Å². The zero-order chi connectivity index (χ0) is 40.3. The molecule has 0 aliphatic rings. The summed E-state index contributed by atoms with van der Waals surface area (Å²) in [4.78, 5) is 11.9. The van der Waals surface area contributed by atoms with E-state index in [-0.39, 0.29) is 11.8 Å². The quantitative estimate of drug-likeness (QED) is 0.0353. The fraction of sp³-hybridized carbons (Fsp3) is 0.571. The molecule has 0 spiro atoms. The molecule has 0 heterocycles. The molecule has 0 saturated carbocycles. The van der Waals surface area contributed by atoms with Crippen molar-refractivity contribution in [1.82, 2.24) is 0 Å². The molecule has 3 aromatic carbocycles. The monoisotopic (exact) mass is 788 g/mol. The van der Waals surface area contributed by atoms with Crippen LogP contribution in [-0.2, 0) is 38.8 Å². The molecular formula is C49H73NO7. The van der Waals surface area contributed by atoms with Crippen LogP contribution in [0.1, 0.15) is 114 Å². The first-order valence-electron chi connectivity index (χ1n) is 21.8. The lowest BCUT2D eigenvalue weighted by molar-refractivity contribution is -0.122. The van der Waals surface area contributed by atoms with Gasteiger partial charge in [-0.1, -0.05) is 161 Å². The Kier molecular flexibility index (Phi) is 27.4. The van der Waals surface area contributed by atoms with Crippen LogP contribution in [0.4, 0.5) is 0 Å². The summed E-state index contributed by atoms with van der Waals surface area (Å²) in [5, 5.41) is 0. The Morgan fingerprint density at radius 2 is 0.860 bits per heavy atom. The predicted octanol–water partition coefficient (Wildman–Crippen LogP) is 10.2. The van der Waals surface area contributed by atoms with E-state index in [1.165, 1.54) is 57.8 Å². The molecule has 57 heavy (non-hydrogen) atoms. The third kappa shape index (κ3) is 20.8. The maximum atomic E-state index is 11.9. The molecular weight excluding hydrogens is 715 g/mol. The topological polar surface area (TPSA) is 98.5 Å². The minimum Gasteiger partial charge on any atom is -0.379 e. The van der Waals surface area contributed by atoms with E-state index < -0.39 is 5.60 Å². The summed E-state index contributed by atoms with van der Waals surface area (Å²) >= 11 is 0. The molecule has 1 atom stereocenters. The van der Waals surface area contributed by atoms with Gasteiger partial charge in [0.2, 0.25) is 5.91 Å². The zero-order valence-corrected chi connectivity index (χ0v) is 35.0. The molecule has 1 amide bonds. The molecule has 2 N–H and O–H groups in total. The minimum absolute atomic E-state index is 0.121. The molecule has 0 aliphatic carbocycles. The highest BCUT2D eigenvalue weighted by molar-refractivity contribution is 5.76. The number of carbonyl (C=O) groups is 1. The third-order valence-electron chi connectivity index (χ3n) is 10.2. The van der Waals surface area contributed by atoms with Gasteiger partial charge in [0, 0.05) is 12.5 Å². The lowest BCUT2D eigenvalue weighted by Gasteiger charge is -2.36. The smallest absolute Gasteiger partial charge is 0.220 e. The van der Waals surface area contributed by atoms with Crippen LogP contribution in [-0.4, -0.2) is 78.6 Å². The Bertz CT molecular complexity index is 1290. The van der Waals surface area contributed by atoms with Gasteiger partial charge in [-0.15, -0.1) is 0 Å². The zero-order valence-electron chi connectivity index (χ0n) is 35.0. The Morgan fingerprint density at radius 1 is 0.491 bits per heavy atom. The van der Waals surface area contributed by atoms with Crippen molar-refractivity contribution < 1.29 is 33.2 Å². The normalized spacial score (nSPS) is 12.4.